The average Bonchev–Trinajstić information content (AvgIpc) is 2.38. The van der Waals surface area contributed by atoms with Gasteiger partial charge >= 0.3 is 5.97 Å². The number of benzene rings is 1. The number of carbonyl (C=O) groups is 1. The Labute approximate surface area is 124 Å². The first kappa shape index (κ1) is 16.9. The molecule has 0 amide bonds. The Morgan fingerprint density at radius 3 is 2.65 bits per heavy atom. The molecule has 0 fully saturated rings. The number of methoxy groups -OCH3 is 1. The summed E-state index contributed by atoms with van der Waals surface area (Å²) < 4.78 is 5.20. The molecular weight excluding hydrogens is 274 g/mol. The van der Waals surface area contributed by atoms with E-state index in [4.69, 9.17) is 4.74 Å². The van der Waals surface area contributed by atoms with E-state index in [0.29, 0.717) is 23.8 Å². The lowest BCUT2D eigenvalue weighted by atomic mass is 10.0. The van der Waals surface area contributed by atoms with E-state index in [0.717, 1.165) is 10.6 Å². The van der Waals surface area contributed by atoms with Crippen LogP contribution in [-0.4, -0.2) is 36.6 Å². The van der Waals surface area contributed by atoms with Crippen LogP contribution in [0.15, 0.2) is 23.1 Å². The van der Waals surface area contributed by atoms with Crippen molar-refractivity contribution in [3.8, 4) is 0 Å². The molecule has 0 spiro atoms. The van der Waals surface area contributed by atoms with Crippen LogP contribution >= 0.6 is 11.8 Å². The Kier molecular flexibility index (Phi) is 6.88. The van der Waals surface area contributed by atoms with Gasteiger partial charge in [-0.15, -0.1) is 11.8 Å². The van der Waals surface area contributed by atoms with E-state index in [1.54, 1.807) is 18.9 Å². The summed E-state index contributed by atoms with van der Waals surface area (Å²) in [5.41, 5.74) is 1.01. The molecular formula is C15H23NO3S. The molecule has 0 aromatic heterocycles. The van der Waals surface area contributed by atoms with Crippen LogP contribution in [0.3, 0.4) is 0 Å². The van der Waals surface area contributed by atoms with Crippen LogP contribution in [0.4, 0.5) is 5.69 Å². The molecule has 1 aromatic carbocycles. The highest BCUT2D eigenvalue weighted by Crippen LogP contribution is 2.29. The molecule has 0 bridgehead atoms. The molecule has 0 heterocycles. The minimum Gasteiger partial charge on any atom is -0.478 e. The van der Waals surface area contributed by atoms with Crippen LogP contribution in [0.1, 0.15) is 31.1 Å². The summed E-state index contributed by atoms with van der Waals surface area (Å²) in [6.45, 7) is 6.73. The Bertz CT molecular complexity index is 449. The zero-order valence-electron chi connectivity index (χ0n) is 12.5. The minimum absolute atomic E-state index is 0.0833. The number of carboxylic acids is 1. The molecule has 1 atom stereocenters. The smallest absolute Gasteiger partial charge is 0.338 e. The van der Waals surface area contributed by atoms with Crippen LogP contribution in [0.5, 0.6) is 0 Å². The first-order valence-corrected chi connectivity index (χ1v) is 7.74. The quantitative estimate of drug-likeness (QED) is 0.718. The van der Waals surface area contributed by atoms with E-state index < -0.39 is 5.97 Å². The van der Waals surface area contributed by atoms with Crippen LogP contribution < -0.4 is 5.32 Å². The predicted molar refractivity (Wildman–Crippen MR) is 83.9 cm³/mol. The van der Waals surface area contributed by atoms with E-state index in [1.807, 2.05) is 25.1 Å². The summed E-state index contributed by atoms with van der Waals surface area (Å²) in [4.78, 5) is 12.3. The van der Waals surface area contributed by atoms with Gasteiger partial charge in [0, 0.05) is 12.0 Å². The number of nitrogens with one attached hydrogen (secondary N) is 1. The second kappa shape index (κ2) is 8.17. The van der Waals surface area contributed by atoms with Crippen molar-refractivity contribution in [3.63, 3.8) is 0 Å². The number of hydrogen-bond donors (Lipinski definition) is 2. The Hall–Kier alpha value is -1.20. The standard InChI is InChI=1S/C15H23NO3S/c1-5-20-13-8-6-7-11(14(13)15(17)18)16-12(9-19-4)10(2)3/h6-8,10,12,16H,5,9H2,1-4H3,(H,17,18). The van der Waals surface area contributed by atoms with E-state index in [-0.39, 0.29) is 6.04 Å². The van der Waals surface area contributed by atoms with Crippen LogP contribution in [0.25, 0.3) is 0 Å². The predicted octanol–water partition coefficient (Wildman–Crippen LogP) is 3.58. The SMILES string of the molecule is CCSc1cccc(NC(COC)C(C)C)c1C(=O)O. The van der Waals surface area contributed by atoms with E-state index in [1.165, 1.54) is 0 Å². The summed E-state index contributed by atoms with van der Waals surface area (Å²) in [5.74, 6) is 0.290. The van der Waals surface area contributed by atoms with Crippen molar-refractivity contribution in [2.45, 2.75) is 31.7 Å². The lowest BCUT2D eigenvalue weighted by molar-refractivity contribution is 0.0694. The summed E-state index contributed by atoms with van der Waals surface area (Å²) >= 11 is 1.54. The molecule has 4 nitrogen and oxygen atoms in total. The zero-order valence-corrected chi connectivity index (χ0v) is 13.3. The maximum absolute atomic E-state index is 11.5. The highest BCUT2D eigenvalue weighted by molar-refractivity contribution is 7.99. The third-order valence-corrected chi connectivity index (χ3v) is 3.97. The molecule has 1 rings (SSSR count). The van der Waals surface area contributed by atoms with Crippen LogP contribution in [0.2, 0.25) is 0 Å². The maximum Gasteiger partial charge on any atom is 0.338 e. The van der Waals surface area contributed by atoms with E-state index >= 15 is 0 Å². The molecule has 20 heavy (non-hydrogen) atoms. The first-order chi connectivity index (χ1) is 9.51. The minimum atomic E-state index is -0.899. The number of hydrogen-bond acceptors (Lipinski definition) is 4. The number of thioether (sulfide) groups is 1. The largest absolute Gasteiger partial charge is 0.478 e. The van der Waals surface area contributed by atoms with E-state index in [9.17, 15) is 9.90 Å². The number of carboxylic acid groups (broad SMARTS) is 1. The first-order valence-electron chi connectivity index (χ1n) is 6.75. The molecule has 0 saturated heterocycles. The van der Waals surface area contributed by atoms with Gasteiger partial charge in [0.25, 0.3) is 0 Å². The Balaban J connectivity index is 3.09. The van der Waals surface area contributed by atoms with Gasteiger partial charge in [-0.2, -0.15) is 0 Å². The highest BCUT2D eigenvalue weighted by Gasteiger charge is 2.19. The van der Waals surface area contributed by atoms with Gasteiger partial charge < -0.3 is 15.2 Å². The second-order valence-electron chi connectivity index (χ2n) is 4.87. The van der Waals surface area contributed by atoms with Gasteiger partial charge in [0.15, 0.2) is 0 Å². The van der Waals surface area contributed by atoms with Gasteiger partial charge in [-0.25, -0.2) is 4.79 Å². The fraction of sp³-hybridized carbons (Fsp3) is 0.533. The molecule has 5 heteroatoms. The summed E-state index contributed by atoms with van der Waals surface area (Å²) in [5, 5.41) is 12.8. The van der Waals surface area contributed by atoms with Crippen molar-refractivity contribution in [2.75, 3.05) is 24.8 Å². The molecule has 0 aliphatic heterocycles. The second-order valence-corrected chi connectivity index (χ2v) is 6.17. The van der Waals surface area contributed by atoms with E-state index in [2.05, 4.69) is 19.2 Å². The van der Waals surface area contributed by atoms with Gasteiger partial charge in [0.1, 0.15) is 0 Å². The molecule has 1 unspecified atom stereocenters. The van der Waals surface area contributed by atoms with Crippen molar-refractivity contribution < 1.29 is 14.6 Å². The lowest BCUT2D eigenvalue weighted by Crippen LogP contribution is -2.31. The zero-order chi connectivity index (χ0) is 15.1. The number of anilines is 1. The Morgan fingerprint density at radius 1 is 1.45 bits per heavy atom. The Morgan fingerprint density at radius 2 is 2.15 bits per heavy atom. The third-order valence-electron chi connectivity index (χ3n) is 3.03. The average molecular weight is 297 g/mol. The number of rotatable bonds is 8. The van der Waals surface area contributed by atoms with Crippen LogP contribution in [0, 0.1) is 5.92 Å². The molecule has 1 aromatic rings. The third kappa shape index (κ3) is 4.42. The van der Waals surface area contributed by atoms with Crippen molar-refractivity contribution in [3.05, 3.63) is 23.8 Å². The van der Waals surface area contributed by atoms with Crippen molar-refractivity contribution in [1.29, 1.82) is 0 Å². The van der Waals surface area contributed by atoms with Gasteiger partial charge in [0.2, 0.25) is 0 Å². The molecule has 0 saturated carbocycles. The highest BCUT2D eigenvalue weighted by atomic mass is 32.2. The van der Waals surface area contributed by atoms with Crippen molar-refractivity contribution in [2.24, 2.45) is 5.92 Å². The van der Waals surface area contributed by atoms with Gasteiger partial charge in [-0.05, 0) is 23.8 Å². The topological polar surface area (TPSA) is 58.6 Å². The van der Waals surface area contributed by atoms with Crippen LogP contribution in [-0.2, 0) is 4.74 Å². The van der Waals surface area contributed by atoms with Gasteiger partial charge in [-0.1, -0.05) is 26.8 Å². The normalized spacial score (nSPS) is 12.4. The summed E-state index contributed by atoms with van der Waals surface area (Å²) in [6, 6.07) is 5.63. The molecule has 2 N–H and O–H groups in total. The molecule has 112 valence electrons. The number of ether oxygens (including phenoxy) is 1. The lowest BCUT2D eigenvalue weighted by Gasteiger charge is -2.24. The summed E-state index contributed by atoms with van der Waals surface area (Å²) in [6.07, 6.45) is 0. The van der Waals surface area contributed by atoms with Crippen molar-refractivity contribution >= 4 is 23.4 Å². The van der Waals surface area contributed by atoms with Gasteiger partial charge in [-0.3, -0.25) is 0 Å². The fourth-order valence-electron chi connectivity index (χ4n) is 1.93. The van der Waals surface area contributed by atoms with Gasteiger partial charge in [0.05, 0.1) is 23.9 Å². The fourth-order valence-corrected chi connectivity index (χ4v) is 2.76. The number of aromatic carboxylic acids is 1. The maximum atomic E-state index is 11.5. The molecule has 0 aliphatic carbocycles. The molecule has 0 aliphatic rings. The van der Waals surface area contributed by atoms with Crippen molar-refractivity contribution in [1.82, 2.24) is 0 Å². The monoisotopic (exact) mass is 297 g/mol. The molecule has 0 radical (unpaired) electrons. The summed E-state index contributed by atoms with van der Waals surface area (Å²) in [7, 11) is 1.65.